The van der Waals surface area contributed by atoms with Crippen LogP contribution in [0.3, 0.4) is 0 Å². The Hall–Kier alpha value is -2.49. The predicted octanol–water partition coefficient (Wildman–Crippen LogP) is 2.69. The van der Waals surface area contributed by atoms with Crippen LogP contribution in [0.4, 0.5) is 10.1 Å². The predicted molar refractivity (Wildman–Crippen MR) is 106 cm³/mol. The van der Waals surface area contributed by atoms with Crippen LogP contribution in [-0.4, -0.2) is 44.9 Å². The van der Waals surface area contributed by atoms with Crippen molar-refractivity contribution >= 4 is 21.6 Å². The summed E-state index contributed by atoms with van der Waals surface area (Å²) in [5, 5.41) is 2.56. The molecule has 1 N–H and O–H groups in total. The van der Waals surface area contributed by atoms with E-state index < -0.39 is 15.8 Å². The number of amides is 1. The van der Waals surface area contributed by atoms with Crippen molar-refractivity contribution < 1.29 is 27.1 Å². The molecule has 0 saturated carbocycles. The lowest BCUT2D eigenvalue weighted by molar-refractivity contribution is -0.114. The molecule has 0 spiro atoms. The van der Waals surface area contributed by atoms with Crippen molar-refractivity contribution in [2.45, 2.75) is 31.5 Å². The van der Waals surface area contributed by atoms with Gasteiger partial charge in [0.1, 0.15) is 4.90 Å². The van der Waals surface area contributed by atoms with E-state index in [1.54, 1.807) is 25.1 Å². The summed E-state index contributed by atoms with van der Waals surface area (Å²) in [7, 11) is -2.38. The van der Waals surface area contributed by atoms with Gasteiger partial charge in [0.25, 0.3) is 0 Å². The van der Waals surface area contributed by atoms with Gasteiger partial charge in [0.2, 0.25) is 15.9 Å². The zero-order valence-corrected chi connectivity index (χ0v) is 17.3. The van der Waals surface area contributed by atoms with Crippen molar-refractivity contribution in [1.82, 2.24) is 4.31 Å². The van der Waals surface area contributed by atoms with E-state index in [1.165, 1.54) is 36.5 Å². The molecule has 1 heterocycles. The van der Waals surface area contributed by atoms with Crippen LogP contribution in [0.2, 0.25) is 0 Å². The number of carbonyl (C=O) groups is 1. The van der Waals surface area contributed by atoms with E-state index in [0.717, 1.165) is 5.56 Å². The Labute approximate surface area is 169 Å². The minimum absolute atomic E-state index is 0.0587. The van der Waals surface area contributed by atoms with Crippen molar-refractivity contribution in [3.8, 4) is 5.75 Å². The molecule has 0 bridgehead atoms. The highest BCUT2D eigenvalue weighted by atomic mass is 32.2. The SMILES string of the molecule is COc1ccc(COC2CN(S(=O)(=O)c3cc(C)ccc3NC(C)=O)C2)cc1F. The van der Waals surface area contributed by atoms with Crippen LogP contribution in [0.25, 0.3) is 0 Å². The smallest absolute Gasteiger partial charge is 0.245 e. The quantitative estimate of drug-likeness (QED) is 0.742. The first-order valence-electron chi connectivity index (χ1n) is 9.03. The number of ether oxygens (including phenoxy) is 2. The van der Waals surface area contributed by atoms with E-state index >= 15 is 0 Å². The lowest BCUT2D eigenvalue weighted by Crippen LogP contribution is -2.54. The van der Waals surface area contributed by atoms with E-state index in [4.69, 9.17) is 9.47 Å². The zero-order chi connectivity index (χ0) is 21.2. The molecule has 0 aliphatic carbocycles. The number of hydrogen-bond acceptors (Lipinski definition) is 5. The first-order valence-corrected chi connectivity index (χ1v) is 10.5. The Morgan fingerprint density at radius 2 is 1.97 bits per heavy atom. The Balaban J connectivity index is 1.63. The van der Waals surface area contributed by atoms with Gasteiger partial charge in [-0.1, -0.05) is 12.1 Å². The minimum atomic E-state index is -3.77. The van der Waals surface area contributed by atoms with Crippen molar-refractivity contribution in [3.05, 3.63) is 53.3 Å². The third-order valence-corrected chi connectivity index (χ3v) is 6.45. The molecule has 1 aliphatic heterocycles. The number of hydrogen-bond donors (Lipinski definition) is 1. The molecule has 0 radical (unpaired) electrons. The molecule has 1 amide bonds. The fourth-order valence-electron chi connectivity index (χ4n) is 2.99. The third kappa shape index (κ3) is 4.75. The average Bonchev–Trinajstić information content (AvgIpc) is 2.61. The van der Waals surface area contributed by atoms with E-state index in [0.29, 0.717) is 5.56 Å². The molecule has 9 heteroatoms. The Bertz CT molecular complexity index is 1020. The molecule has 7 nitrogen and oxygen atoms in total. The van der Waals surface area contributed by atoms with Gasteiger partial charge < -0.3 is 14.8 Å². The summed E-state index contributed by atoms with van der Waals surface area (Å²) in [6.07, 6.45) is -0.288. The number of nitrogens with one attached hydrogen (secondary N) is 1. The number of methoxy groups -OCH3 is 1. The average molecular weight is 422 g/mol. The number of anilines is 1. The highest BCUT2D eigenvalue weighted by Gasteiger charge is 2.38. The van der Waals surface area contributed by atoms with Crippen LogP contribution >= 0.6 is 0 Å². The van der Waals surface area contributed by atoms with E-state index in [1.807, 2.05) is 0 Å². The van der Waals surface area contributed by atoms with Crippen LogP contribution in [-0.2, 0) is 26.2 Å². The van der Waals surface area contributed by atoms with Crippen molar-refractivity contribution in [3.63, 3.8) is 0 Å². The first kappa shape index (κ1) is 21.2. The zero-order valence-electron chi connectivity index (χ0n) is 16.4. The molecule has 3 rings (SSSR count). The van der Waals surface area contributed by atoms with Crippen molar-refractivity contribution in [1.29, 1.82) is 0 Å². The molecular weight excluding hydrogens is 399 g/mol. The minimum Gasteiger partial charge on any atom is -0.494 e. The van der Waals surface area contributed by atoms with E-state index in [2.05, 4.69) is 5.32 Å². The maximum atomic E-state index is 13.7. The third-order valence-electron chi connectivity index (χ3n) is 4.58. The Morgan fingerprint density at radius 3 is 2.59 bits per heavy atom. The lowest BCUT2D eigenvalue weighted by atomic mass is 10.2. The van der Waals surface area contributed by atoms with Gasteiger partial charge >= 0.3 is 0 Å². The number of sulfonamides is 1. The second-order valence-electron chi connectivity index (χ2n) is 6.90. The summed E-state index contributed by atoms with van der Waals surface area (Å²) in [4.78, 5) is 11.5. The van der Waals surface area contributed by atoms with Crippen LogP contribution in [0, 0.1) is 12.7 Å². The van der Waals surface area contributed by atoms with Crippen LogP contribution in [0.1, 0.15) is 18.1 Å². The standard InChI is InChI=1S/C20H23FN2O5S/c1-13-4-6-18(22-14(2)24)20(8-13)29(25,26)23-10-16(11-23)28-12-15-5-7-19(27-3)17(21)9-15/h4-9,16H,10-12H2,1-3H3,(H,22,24). The maximum absolute atomic E-state index is 13.7. The number of halogens is 1. The van der Waals surface area contributed by atoms with E-state index in [-0.39, 0.29) is 48.0 Å². The van der Waals surface area contributed by atoms with Crippen molar-refractivity contribution in [2.75, 3.05) is 25.5 Å². The summed E-state index contributed by atoms with van der Waals surface area (Å²) in [6, 6.07) is 9.40. The van der Waals surface area contributed by atoms with Crippen LogP contribution < -0.4 is 10.1 Å². The largest absolute Gasteiger partial charge is 0.494 e. The number of carbonyl (C=O) groups excluding carboxylic acids is 1. The number of aryl methyl sites for hydroxylation is 1. The first-order chi connectivity index (χ1) is 13.7. The van der Waals surface area contributed by atoms with Gasteiger partial charge in [0.05, 0.1) is 25.5 Å². The highest BCUT2D eigenvalue weighted by Crippen LogP contribution is 2.30. The molecule has 2 aromatic carbocycles. The Kier molecular flexibility index (Phi) is 6.21. The molecule has 1 aliphatic rings. The molecule has 2 aromatic rings. The second-order valence-corrected chi connectivity index (χ2v) is 8.81. The molecule has 1 saturated heterocycles. The molecule has 0 atom stereocenters. The number of benzene rings is 2. The lowest BCUT2D eigenvalue weighted by Gasteiger charge is -2.38. The molecule has 1 fully saturated rings. The van der Waals surface area contributed by atoms with Crippen LogP contribution in [0.5, 0.6) is 5.75 Å². The maximum Gasteiger partial charge on any atom is 0.245 e. The van der Waals surface area contributed by atoms with Crippen LogP contribution in [0.15, 0.2) is 41.3 Å². The summed E-state index contributed by atoms with van der Waals surface area (Å²) in [5.74, 6) is -0.666. The molecule has 29 heavy (non-hydrogen) atoms. The van der Waals surface area contributed by atoms with E-state index in [9.17, 15) is 17.6 Å². The number of rotatable bonds is 7. The fraction of sp³-hybridized carbons (Fsp3) is 0.350. The number of nitrogens with zero attached hydrogens (tertiary/aromatic N) is 1. The highest BCUT2D eigenvalue weighted by molar-refractivity contribution is 7.89. The molecular formula is C20H23FN2O5S. The second kappa shape index (κ2) is 8.48. The van der Waals surface area contributed by atoms with Gasteiger partial charge in [-0.3, -0.25) is 4.79 Å². The summed E-state index contributed by atoms with van der Waals surface area (Å²) >= 11 is 0. The fourth-order valence-corrected chi connectivity index (χ4v) is 4.73. The van der Waals surface area contributed by atoms with Gasteiger partial charge in [-0.2, -0.15) is 4.31 Å². The van der Waals surface area contributed by atoms with Gasteiger partial charge in [0, 0.05) is 20.0 Å². The van der Waals surface area contributed by atoms with Gasteiger partial charge in [-0.15, -0.1) is 0 Å². The van der Waals surface area contributed by atoms with Gasteiger partial charge in [-0.25, -0.2) is 12.8 Å². The summed E-state index contributed by atoms with van der Waals surface area (Å²) < 4.78 is 51.5. The summed E-state index contributed by atoms with van der Waals surface area (Å²) in [5.41, 5.74) is 1.66. The normalized spacial score (nSPS) is 15.0. The molecule has 156 valence electrons. The van der Waals surface area contributed by atoms with Crippen molar-refractivity contribution in [2.24, 2.45) is 0 Å². The molecule has 0 aromatic heterocycles. The van der Waals surface area contributed by atoms with Gasteiger partial charge in [0.15, 0.2) is 11.6 Å². The van der Waals surface area contributed by atoms with Gasteiger partial charge in [-0.05, 0) is 42.3 Å². The topological polar surface area (TPSA) is 84.9 Å². The Morgan fingerprint density at radius 1 is 1.24 bits per heavy atom. The monoisotopic (exact) mass is 422 g/mol. The molecule has 0 unspecified atom stereocenters. The summed E-state index contributed by atoms with van der Waals surface area (Å²) in [6.45, 7) is 3.65.